The highest BCUT2D eigenvalue weighted by atomic mass is 16.1. The van der Waals surface area contributed by atoms with Crippen LogP contribution in [0.25, 0.3) is 0 Å². The van der Waals surface area contributed by atoms with E-state index in [9.17, 15) is 4.79 Å². The van der Waals surface area contributed by atoms with E-state index in [2.05, 4.69) is 15.2 Å². The number of piperidine rings is 2. The van der Waals surface area contributed by atoms with E-state index in [-0.39, 0.29) is 5.91 Å². The molecule has 0 aromatic rings. The molecule has 2 rings (SSSR count). The molecule has 0 saturated carbocycles. The van der Waals surface area contributed by atoms with Gasteiger partial charge in [0, 0.05) is 32.6 Å². The number of guanidine groups is 1. The number of fused-ring (bicyclic) bond motifs is 1. The van der Waals surface area contributed by atoms with Gasteiger partial charge in [0.05, 0.1) is 0 Å². The molecular formula is C10H18N4O. The van der Waals surface area contributed by atoms with E-state index >= 15 is 0 Å². The molecule has 0 aromatic carbocycles. The highest BCUT2D eigenvalue weighted by Crippen LogP contribution is 2.24. The van der Waals surface area contributed by atoms with Gasteiger partial charge in [-0.15, -0.1) is 0 Å². The third-order valence-corrected chi connectivity index (χ3v) is 3.38. The monoisotopic (exact) mass is 210 g/mol. The molecule has 15 heavy (non-hydrogen) atoms. The van der Waals surface area contributed by atoms with E-state index in [0.29, 0.717) is 24.3 Å². The summed E-state index contributed by atoms with van der Waals surface area (Å²) in [6.45, 7) is 1.82. The van der Waals surface area contributed by atoms with E-state index in [1.807, 2.05) is 0 Å². The molecule has 2 aliphatic rings. The Hall–Kier alpha value is -1.26. The van der Waals surface area contributed by atoms with Crippen molar-refractivity contribution in [2.45, 2.75) is 25.3 Å². The zero-order valence-electron chi connectivity index (χ0n) is 9.07. The van der Waals surface area contributed by atoms with E-state index in [4.69, 9.17) is 5.73 Å². The maximum Gasteiger partial charge on any atom is 0.220 e. The zero-order chi connectivity index (χ0) is 10.8. The smallest absolute Gasteiger partial charge is 0.220 e. The van der Waals surface area contributed by atoms with Gasteiger partial charge in [-0.3, -0.25) is 9.79 Å². The lowest BCUT2D eigenvalue weighted by Crippen LogP contribution is -2.56. The first kappa shape index (κ1) is 10.3. The number of likely N-dealkylation sites (tertiary alicyclic amines) is 1. The number of aliphatic imine (C=N–C) groups is 1. The molecule has 0 radical (unpaired) electrons. The van der Waals surface area contributed by atoms with Gasteiger partial charge in [-0.05, 0) is 18.8 Å². The predicted octanol–water partition coefficient (Wildman–Crippen LogP) is -0.469. The number of nitrogens with zero attached hydrogens (tertiary/aromatic N) is 2. The minimum absolute atomic E-state index is 0.196. The zero-order valence-corrected chi connectivity index (χ0v) is 9.07. The van der Waals surface area contributed by atoms with Crippen molar-refractivity contribution in [2.75, 3.05) is 20.1 Å². The van der Waals surface area contributed by atoms with E-state index in [1.165, 1.54) is 0 Å². The second-order valence-corrected chi connectivity index (χ2v) is 4.29. The van der Waals surface area contributed by atoms with Gasteiger partial charge in [-0.2, -0.15) is 0 Å². The Morgan fingerprint density at radius 2 is 2.40 bits per heavy atom. The molecule has 2 fully saturated rings. The Morgan fingerprint density at radius 3 is 3.13 bits per heavy atom. The summed E-state index contributed by atoms with van der Waals surface area (Å²) in [5.74, 6) is 1.35. The molecule has 0 spiro atoms. The molecule has 0 aliphatic carbocycles. The van der Waals surface area contributed by atoms with E-state index in [1.54, 1.807) is 7.05 Å². The van der Waals surface area contributed by atoms with Crippen LogP contribution >= 0.6 is 0 Å². The SMILES string of the molecule is CN=C(N)N1CCC2NC(=O)CCC2C1. The average molecular weight is 210 g/mol. The van der Waals surface area contributed by atoms with Crippen molar-refractivity contribution in [3.63, 3.8) is 0 Å². The number of nitrogens with two attached hydrogens (primary N) is 1. The van der Waals surface area contributed by atoms with Crippen LogP contribution in [0.1, 0.15) is 19.3 Å². The predicted molar refractivity (Wildman–Crippen MR) is 58.4 cm³/mol. The molecule has 2 unspecified atom stereocenters. The molecule has 2 saturated heterocycles. The van der Waals surface area contributed by atoms with Crippen molar-refractivity contribution in [2.24, 2.45) is 16.6 Å². The van der Waals surface area contributed by atoms with Crippen molar-refractivity contribution >= 4 is 11.9 Å². The van der Waals surface area contributed by atoms with Gasteiger partial charge in [0.1, 0.15) is 0 Å². The second-order valence-electron chi connectivity index (χ2n) is 4.29. The van der Waals surface area contributed by atoms with Gasteiger partial charge in [0.25, 0.3) is 0 Å². The average Bonchev–Trinajstić information content (AvgIpc) is 2.27. The third-order valence-electron chi connectivity index (χ3n) is 3.38. The standard InChI is InChI=1S/C10H18N4O/c1-12-10(11)14-5-4-8-7(6-14)2-3-9(15)13-8/h7-8H,2-6H2,1H3,(H2,11,12)(H,13,15). The van der Waals surface area contributed by atoms with Crippen LogP contribution in [0.3, 0.4) is 0 Å². The Kier molecular flexibility index (Phi) is 2.79. The summed E-state index contributed by atoms with van der Waals surface area (Å²) in [5, 5.41) is 3.05. The van der Waals surface area contributed by atoms with Crippen LogP contribution in [-0.4, -0.2) is 42.9 Å². The first-order valence-electron chi connectivity index (χ1n) is 5.47. The summed E-state index contributed by atoms with van der Waals surface area (Å²) in [5.41, 5.74) is 5.79. The molecule has 2 aliphatic heterocycles. The number of hydrogen-bond donors (Lipinski definition) is 2. The maximum atomic E-state index is 11.2. The summed E-state index contributed by atoms with van der Waals surface area (Å²) in [6, 6.07) is 0.354. The van der Waals surface area contributed by atoms with Crippen molar-refractivity contribution in [1.29, 1.82) is 0 Å². The van der Waals surface area contributed by atoms with E-state index in [0.717, 1.165) is 25.9 Å². The van der Waals surface area contributed by atoms with Gasteiger partial charge in [0.15, 0.2) is 5.96 Å². The number of carbonyl (C=O) groups excluding carboxylic acids is 1. The van der Waals surface area contributed by atoms with Crippen LogP contribution in [0, 0.1) is 5.92 Å². The topological polar surface area (TPSA) is 70.7 Å². The highest BCUT2D eigenvalue weighted by molar-refractivity contribution is 5.79. The normalized spacial score (nSPS) is 32.2. The van der Waals surface area contributed by atoms with Crippen LogP contribution in [0.5, 0.6) is 0 Å². The Bertz CT molecular complexity index is 289. The third kappa shape index (κ3) is 2.06. The highest BCUT2D eigenvalue weighted by Gasteiger charge is 2.34. The van der Waals surface area contributed by atoms with Gasteiger partial charge in [-0.1, -0.05) is 0 Å². The summed E-state index contributed by atoms with van der Waals surface area (Å²) in [6.07, 6.45) is 2.61. The fraction of sp³-hybridized carbons (Fsp3) is 0.800. The van der Waals surface area contributed by atoms with Crippen LogP contribution < -0.4 is 11.1 Å². The van der Waals surface area contributed by atoms with Crippen molar-refractivity contribution in [1.82, 2.24) is 10.2 Å². The Balaban J connectivity index is 1.98. The maximum absolute atomic E-state index is 11.2. The molecule has 1 amide bonds. The summed E-state index contributed by atoms with van der Waals surface area (Å²) in [7, 11) is 1.71. The first-order valence-corrected chi connectivity index (χ1v) is 5.47. The van der Waals surface area contributed by atoms with Gasteiger partial charge in [-0.25, -0.2) is 0 Å². The molecule has 5 heteroatoms. The van der Waals surface area contributed by atoms with Gasteiger partial charge in [0.2, 0.25) is 5.91 Å². The quantitative estimate of drug-likeness (QED) is 0.419. The minimum atomic E-state index is 0.196. The summed E-state index contributed by atoms with van der Waals surface area (Å²) in [4.78, 5) is 17.3. The lowest BCUT2D eigenvalue weighted by atomic mass is 9.85. The Labute approximate surface area is 89.7 Å². The number of carbonyl (C=O) groups is 1. The number of nitrogens with one attached hydrogen (secondary N) is 1. The largest absolute Gasteiger partial charge is 0.370 e. The number of amides is 1. The van der Waals surface area contributed by atoms with Crippen molar-refractivity contribution in [3.05, 3.63) is 0 Å². The fourth-order valence-corrected chi connectivity index (χ4v) is 2.46. The van der Waals surface area contributed by atoms with Crippen LogP contribution in [0.2, 0.25) is 0 Å². The van der Waals surface area contributed by atoms with Gasteiger partial charge >= 0.3 is 0 Å². The van der Waals surface area contributed by atoms with E-state index < -0.39 is 0 Å². The van der Waals surface area contributed by atoms with Crippen LogP contribution in [0.15, 0.2) is 4.99 Å². The van der Waals surface area contributed by atoms with Crippen LogP contribution in [0.4, 0.5) is 0 Å². The number of rotatable bonds is 0. The molecule has 2 heterocycles. The molecule has 5 nitrogen and oxygen atoms in total. The second kappa shape index (κ2) is 4.08. The van der Waals surface area contributed by atoms with Crippen molar-refractivity contribution < 1.29 is 4.79 Å². The fourth-order valence-electron chi connectivity index (χ4n) is 2.46. The molecule has 84 valence electrons. The number of hydrogen-bond acceptors (Lipinski definition) is 2. The molecule has 0 bridgehead atoms. The molecule has 3 N–H and O–H groups in total. The lowest BCUT2D eigenvalue weighted by Gasteiger charge is -2.41. The van der Waals surface area contributed by atoms with Crippen molar-refractivity contribution in [3.8, 4) is 0 Å². The lowest BCUT2D eigenvalue weighted by molar-refractivity contribution is -0.125. The first-order chi connectivity index (χ1) is 7.20. The molecular weight excluding hydrogens is 192 g/mol. The van der Waals surface area contributed by atoms with Crippen LogP contribution in [-0.2, 0) is 4.79 Å². The minimum Gasteiger partial charge on any atom is -0.370 e. The van der Waals surface area contributed by atoms with Gasteiger partial charge < -0.3 is 16.0 Å². The summed E-state index contributed by atoms with van der Waals surface area (Å²) < 4.78 is 0. The molecule has 2 atom stereocenters. The summed E-state index contributed by atoms with van der Waals surface area (Å²) >= 11 is 0. The molecule has 0 aromatic heterocycles. The Morgan fingerprint density at radius 1 is 1.60 bits per heavy atom.